The summed E-state index contributed by atoms with van der Waals surface area (Å²) in [7, 11) is 0. The van der Waals surface area contributed by atoms with Gasteiger partial charge in [0.25, 0.3) is 5.91 Å². The van der Waals surface area contributed by atoms with Crippen LogP contribution in [0, 0.1) is 11.8 Å². The molecule has 1 aliphatic carbocycles. The first-order valence-electron chi connectivity index (χ1n) is 8.37. The Morgan fingerprint density at radius 2 is 2.04 bits per heavy atom. The van der Waals surface area contributed by atoms with Crippen molar-refractivity contribution < 1.29 is 19.5 Å². The topological polar surface area (TPSA) is 95.5 Å². The first-order valence-corrected chi connectivity index (χ1v) is 8.37. The zero-order valence-electron chi connectivity index (χ0n) is 14.0. The minimum absolute atomic E-state index is 0.0357. The van der Waals surface area contributed by atoms with Crippen LogP contribution in [0.5, 0.6) is 0 Å². The second-order valence-electron chi connectivity index (χ2n) is 6.40. The predicted octanol–water partition coefficient (Wildman–Crippen LogP) is 2.65. The number of hydrogen-bond acceptors (Lipinski definition) is 3. The molecule has 0 spiro atoms. The van der Waals surface area contributed by atoms with Crippen LogP contribution in [-0.4, -0.2) is 28.9 Å². The van der Waals surface area contributed by atoms with E-state index in [9.17, 15) is 19.5 Å². The molecule has 2 rings (SSSR count). The summed E-state index contributed by atoms with van der Waals surface area (Å²) in [5.41, 5.74) is 0.881. The molecule has 1 fully saturated rings. The number of carbonyl (C=O) groups excluding carboxylic acids is 2. The normalized spacial score (nSPS) is 20.1. The van der Waals surface area contributed by atoms with Crippen LogP contribution in [-0.2, 0) is 9.59 Å². The fourth-order valence-corrected chi connectivity index (χ4v) is 2.57. The van der Waals surface area contributed by atoms with Gasteiger partial charge in [-0.15, -0.1) is 0 Å². The maximum Gasteiger partial charge on any atom is 0.326 e. The molecule has 0 aliphatic heterocycles. The molecule has 0 radical (unpaired) electrons. The van der Waals surface area contributed by atoms with Crippen molar-refractivity contribution in [3.8, 4) is 0 Å². The Balaban J connectivity index is 1.99. The van der Waals surface area contributed by atoms with Crippen molar-refractivity contribution in [2.75, 3.05) is 5.32 Å². The van der Waals surface area contributed by atoms with Crippen molar-refractivity contribution >= 4 is 23.5 Å². The van der Waals surface area contributed by atoms with Crippen molar-refractivity contribution in [2.45, 2.75) is 45.6 Å². The van der Waals surface area contributed by atoms with Crippen molar-refractivity contribution in [2.24, 2.45) is 11.8 Å². The molecule has 0 saturated heterocycles. The number of amides is 2. The Hall–Kier alpha value is -2.37. The quantitative estimate of drug-likeness (QED) is 0.682. The summed E-state index contributed by atoms with van der Waals surface area (Å²) in [6, 6.07) is 5.65. The highest BCUT2D eigenvalue weighted by Gasteiger charge is 2.39. The molecule has 2 amide bonds. The lowest BCUT2D eigenvalue weighted by atomic mass is 10.1. The Morgan fingerprint density at radius 1 is 1.33 bits per heavy atom. The van der Waals surface area contributed by atoms with E-state index in [-0.39, 0.29) is 11.8 Å². The summed E-state index contributed by atoms with van der Waals surface area (Å²) in [6.07, 6.45) is 2.88. The fourth-order valence-electron chi connectivity index (χ4n) is 2.57. The van der Waals surface area contributed by atoms with E-state index >= 15 is 0 Å². The second kappa shape index (κ2) is 7.95. The number of rotatable bonds is 8. The Morgan fingerprint density at radius 3 is 2.62 bits per heavy atom. The van der Waals surface area contributed by atoms with Crippen LogP contribution in [0.25, 0.3) is 0 Å². The van der Waals surface area contributed by atoms with Gasteiger partial charge in [-0.2, -0.15) is 0 Å². The Kier molecular flexibility index (Phi) is 5.95. The third-order valence-corrected chi connectivity index (χ3v) is 4.29. The minimum atomic E-state index is -1.04. The highest BCUT2D eigenvalue weighted by molar-refractivity contribution is 5.99. The molecular weight excluding hydrogens is 308 g/mol. The molecule has 6 nitrogen and oxygen atoms in total. The molecule has 0 aromatic heterocycles. The van der Waals surface area contributed by atoms with Gasteiger partial charge < -0.3 is 15.7 Å². The second-order valence-corrected chi connectivity index (χ2v) is 6.40. The summed E-state index contributed by atoms with van der Waals surface area (Å²) < 4.78 is 0. The van der Waals surface area contributed by atoms with E-state index in [4.69, 9.17) is 0 Å². The van der Waals surface area contributed by atoms with Crippen LogP contribution in [0.15, 0.2) is 24.3 Å². The molecule has 24 heavy (non-hydrogen) atoms. The average molecular weight is 332 g/mol. The maximum atomic E-state index is 12.3. The summed E-state index contributed by atoms with van der Waals surface area (Å²) in [5.74, 6) is -1.07. The Bertz CT molecular complexity index is 629. The summed E-state index contributed by atoms with van der Waals surface area (Å²) >= 11 is 0. The lowest BCUT2D eigenvalue weighted by molar-refractivity contribution is -0.139. The Labute approximate surface area is 141 Å². The number of anilines is 1. The highest BCUT2D eigenvalue weighted by Crippen LogP contribution is 2.38. The van der Waals surface area contributed by atoms with Gasteiger partial charge in [0, 0.05) is 17.2 Å². The lowest BCUT2D eigenvalue weighted by Gasteiger charge is -2.14. The van der Waals surface area contributed by atoms with E-state index in [1.165, 1.54) is 0 Å². The highest BCUT2D eigenvalue weighted by atomic mass is 16.4. The van der Waals surface area contributed by atoms with Crippen LogP contribution >= 0.6 is 0 Å². The van der Waals surface area contributed by atoms with Crippen LogP contribution in [0.4, 0.5) is 5.69 Å². The smallest absolute Gasteiger partial charge is 0.326 e. The number of benzene rings is 1. The van der Waals surface area contributed by atoms with E-state index in [0.29, 0.717) is 23.6 Å². The van der Waals surface area contributed by atoms with Crippen LogP contribution < -0.4 is 10.6 Å². The molecule has 1 aromatic carbocycles. The first kappa shape index (κ1) is 18.0. The van der Waals surface area contributed by atoms with Crippen molar-refractivity contribution in [1.82, 2.24) is 5.32 Å². The zero-order chi connectivity index (χ0) is 17.7. The SMILES string of the molecule is CCCC[C@H](NC(=O)c1cccc(NC(=O)C2CC2C)c1)C(=O)O. The minimum Gasteiger partial charge on any atom is -0.480 e. The van der Waals surface area contributed by atoms with Crippen molar-refractivity contribution in [3.63, 3.8) is 0 Å². The number of nitrogens with one attached hydrogen (secondary N) is 2. The van der Waals surface area contributed by atoms with E-state index in [1.807, 2.05) is 13.8 Å². The lowest BCUT2D eigenvalue weighted by Crippen LogP contribution is -2.40. The largest absolute Gasteiger partial charge is 0.480 e. The number of carboxylic acid groups (broad SMARTS) is 1. The summed E-state index contributed by atoms with van der Waals surface area (Å²) in [5, 5.41) is 14.5. The molecule has 1 aromatic rings. The molecule has 3 atom stereocenters. The van der Waals surface area contributed by atoms with E-state index in [0.717, 1.165) is 19.3 Å². The van der Waals surface area contributed by atoms with Gasteiger partial charge in [-0.05, 0) is 37.0 Å². The average Bonchev–Trinajstić information content (AvgIpc) is 3.28. The number of unbranched alkanes of at least 4 members (excludes halogenated alkanes) is 1. The third-order valence-electron chi connectivity index (χ3n) is 4.29. The first-order chi connectivity index (χ1) is 11.4. The zero-order valence-corrected chi connectivity index (χ0v) is 14.0. The van der Waals surface area contributed by atoms with Gasteiger partial charge in [0.2, 0.25) is 5.91 Å². The standard InChI is InChI=1S/C18H24N2O4/c1-3-4-8-15(18(23)24)20-16(21)12-6-5-7-13(10-12)19-17(22)14-9-11(14)2/h5-7,10-11,14-15H,3-4,8-9H2,1-2H3,(H,19,22)(H,20,21)(H,23,24)/t11?,14?,15-/m0/s1. The number of carboxylic acids is 1. The molecule has 1 saturated carbocycles. The molecular formula is C18H24N2O4. The van der Waals surface area contributed by atoms with Crippen LogP contribution in [0.1, 0.15) is 49.9 Å². The maximum absolute atomic E-state index is 12.3. The molecule has 130 valence electrons. The van der Waals surface area contributed by atoms with Gasteiger partial charge in [-0.1, -0.05) is 32.8 Å². The van der Waals surface area contributed by atoms with Crippen molar-refractivity contribution in [3.05, 3.63) is 29.8 Å². The third kappa shape index (κ3) is 4.81. The predicted molar refractivity (Wildman–Crippen MR) is 90.8 cm³/mol. The van der Waals surface area contributed by atoms with Gasteiger partial charge in [0.1, 0.15) is 6.04 Å². The van der Waals surface area contributed by atoms with Crippen LogP contribution in [0.2, 0.25) is 0 Å². The summed E-state index contributed by atoms with van der Waals surface area (Å²) in [4.78, 5) is 35.5. The number of carbonyl (C=O) groups is 3. The molecule has 6 heteroatoms. The van der Waals surface area contributed by atoms with Crippen LogP contribution in [0.3, 0.4) is 0 Å². The molecule has 0 heterocycles. The van der Waals surface area contributed by atoms with Gasteiger partial charge in [0.15, 0.2) is 0 Å². The molecule has 1 aliphatic rings. The van der Waals surface area contributed by atoms with Crippen molar-refractivity contribution in [1.29, 1.82) is 0 Å². The molecule has 2 unspecified atom stereocenters. The van der Waals surface area contributed by atoms with Gasteiger partial charge in [-0.25, -0.2) is 4.79 Å². The van der Waals surface area contributed by atoms with Gasteiger partial charge >= 0.3 is 5.97 Å². The van der Waals surface area contributed by atoms with Gasteiger partial charge in [0.05, 0.1) is 0 Å². The molecule has 0 bridgehead atoms. The number of hydrogen-bond donors (Lipinski definition) is 3. The van der Waals surface area contributed by atoms with E-state index in [2.05, 4.69) is 10.6 Å². The van der Waals surface area contributed by atoms with Gasteiger partial charge in [-0.3, -0.25) is 9.59 Å². The fraction of sp³-hybridized carbons (Fsp3) is 0.500. The number of aliphatic carboxylic acids is 1. The van der Waals surface area contributed by atoms with E-state index < -0.39 is 17.9 Å². The van der Waals surface area contributed by atoms with E-state index in [1.54, 1.807) is 24.3 Å². The summed E-state index contributed by atoms with van der Waals surface area (Å²) in [6.45, 7) is 3.99. The monoisotopic (exact) mass is 332 g/mol. The molecule has 3 N–H and O–H groups in total.